The molecule has 0 spiro atoms. The fourth-order valence-corrected chi connectivity index (χ4v) is 5.60. The molecule has 0 bridgehead atoms. The van der Waals surface area contributed by atoms with Crippen LogP contribution in [0.2, 0.25) is 0 Å². The molecule has 0 amide bonds. The Kier molecular flexibility index (Phi) is 7.53. The van der Waals surface area contributed by atoms with Crippen molar-refractivity contribution >= 4 is 45.1 Å². The van der Waals surface area contributed by atoms with Gasteiger partial charge in [0.2, 0.25) is 0 Å². The molecule has 0 radical (unpaired) electrons. The van der Waals surface area contributed by atoms with Crippen LogP contribution < -0.4 is 9.80 Å². The third kappa shape index (κ3) is 5.22. The van der Waals surface area contributed by atoms with Gasteiger partial charge in [0.25, 0.3) is 0 Å². The fraction of sp³-hybridized carbons (Fsp3) is 0.417. The first-order valence-electron chi connectivity index (χ1n) is 10.3. The molecule has 3 rings (SSSR count). The molecular formula is C24H32N4S2. The average molecular weight is 441 g/mol. The Hall–Kier alpha value is -1.92. The molecule has 1 aliphatic heterocycles. The topological polar surface area (TPSA) is 31.2 Å². The van der Waals surface area contributed by atoms with Crippen molar-refractivity contribution in [3.05, 3.63) is 59.7 Å². The molecule has 160 valence electrons. The van der Waals surface area contributed by atoms with Crippen LogP contribution in [0.4, 0.5) is 11.4 Å². The number of rotatable bonds is 7. The molecule has 2 aromatic carbocycles. The number of hydrogen-bond donors (Lipinski definition) is 0. The van der Waals surface area contributed by atoms with Gasteiger partial charge in [-0.1, -0.05) is 55.1 Å². The first-order chi connectivity index (χ1) is 14.3. The molecule has 0 aromatic heterocycles. The molecule has 4 nitrogen and oxygen atoms in total. The van der Waals surface area contributed by atoms with E-state index in [1.54, 1.807) is 11.8 Å². The zero-order chi connectivity index (χ0) is 21.7. The molecule has 1 heterocycles. The van der Waals surface area contributed by atoms with Crippen LogP contribution >= 0.6 is 23.5 Å². The van der Waals surface area contributed by atoms with E-state index in [4.69, 9.17) is 9.98 Å². The minimum Gasteiger partial charge on any atom is -0.377 e. The molecule has 2 aromatic rings. The molecule has 1 unspecified atom stereocenters. The maximum Gasteiger partial charge on any atom is 0.185 e. The zero-order valence-electron chi connectivity index (χ0n) is 18.8. The first kappa shape index (κ1) is 22.8. The Balaban J connectivity index is 1.72. The summed E-state index contributed by atoms with van der Waals surface area (Å²) in [7, 11) is 8.36. The van der Waals surface area contributed by atoms with Gasteiger partial charge in [-0.3, -0.25) is 0 Å². The maximum atomic E-state index is 5.01. The quantitative estimate of drug-likeness (QED) is 0.535. The number of aliphatic imine (C=N–C) groups is 2. The van der Waals surface area contributed by atoms with Crippen LogP contribution in [0.3, 0.4) is 0 Å². The second-order valence-electron chi connectivity index (χ2n) is 8.06. The van der Waals surface area contributed by atoms with Gasteiger partial charge < -0.3 is 9.80 Å². The smallest absolute Gasteiger partial charge is 0.185 e. The number of thioether (sulfide) groups is 2. The minimum absolute atomic E-state index is 0.221. The van der Waals surface area contributed by atoms with E-state index in [1.165, 1.54) is 22.5 Å². The van der Waals surface area contributed by atoms with Gasteiger partial charge in [-0.2, -0.15) is 0 Å². The van der Waals surface area contributed by atoms with E-state index in [9.17, 15) is 0 Å². The lowest BCUT2D eigenvalue weighted by atomic mass is 10.0. The van der Waals surface area contributed by atoms with E-state index in [2.05, 4.69) is 100 Å². The van der Waals surface area contributed by atoms with Crippen molar-refractivity contribution in [3.8, 4) is 0 Å². The van der Waals surface area contributed by atoms with Gasteiger partial charge in [0.15, 0.2) is 5.17 Å². The summed E-state index contributed by atoms with van der Waals surface area (Å²) < 4.78 is 0. The summed E-state index contributed by atoms with van der Waals surface area (Å²) in [5, 5.41) is 2.03. The average Bonchev–Trinajstić information content (AvgIpc) is 3.07. The van der Waals surface area contributed by atoms with E-state index >= 15 is 0 Å². The number of benzene rings is 2. The van der Waals surface area contributed by atoms with E-state index in [1.807, 2.05) is 11.8 Å². The molecule has 1 aliphatic rings. The Bertz CT molecular complexity index is 936. The minimum atomic E-state index is -0.221. The predicted molar refractivity (Wildman–Crippen MR) is 138 cm³/mol. The summed E-state index contributed by atoms with van der Waals surface area (Å²) in [6, 6.07) is 17.1. The zero-order valence-corrected chi connectivity index (χ0v) is 20.5. The van der Waals surface area contributed by atoms with Crippen molar-refractivity contribution in [2.75, 3.05) is 38.0 Å². The molecule has 6 heteroatoms. The fourth-order valence-electron chi connectivity index (χ4n) is 3.40. The van der Waals surface area contributed by atoms with Crippen LogP contribution in [0.1, 0.15) is 31.4 Å². The van der Waals surface area contributed by atoms with E-state index in [0.29, 0.717) is 0 Å². The van der Waals surface area contributed by atoms with Crippen LogP contribution in [-0.4, -0.2) is 43.9 Å². The normalized spacial score (nSPS) is 18.2. The largest absolute Gasteiger partial charge is 0.377 e. The highest BCUT2D eigenvalue weighted by Gasteiger charge is 2.34. The van der Waals surface area contributed by atoms with Crippen LogP contribution in [0, 0.1) is 0 Å². The number of amidine groups is 1. The van der Waals surface area contributed by atoms with Crippen LogP contribution in [-0.2, 0) is 11.5 Å². The van der Waals surface area contributed by atoms with Crippen molar-refractivity contribution in [3.63, 3.8) is 0 Å². The first-order valence-corrected chi connectivity index (χ1v) is 12.3. The molecule has 0 fully saturated rings. The number of nitrogens with zero attached hydrogens (tertiary/aromatic N) is 4. The molecule has 0 saturated carbocycles. The summed E-state index contributed by atoms with van der Waals surface area (Å²) in [6.45, 7) is 4.40. The van der Waals surface area contributed by atoms with Gasteiger partial charge in [-0.05, 0) is 36.6 Å². The van der Waals surface area contributed by atoms with Crippen molar-refractivity contribution < 1.29 is 0 Å². The number of hydrogen-bond acceptors (Lipinski definition) is 6. The lowest BCUT2D eigenvalue weighted by Crippen LogP contribution is -2.27. The summed E-state index contributed by atoms with van der Waals surface area (Å²) in [5.41, 5.74) is 4.93. The van der Waals surface area contributed by atoms with E-state index in [-0.39, 0.29) is 5.54 Å². The Morgan fingerprint density at radius 2 is 1.30 bits per heavy atom. The van der Waals surface area contributed by atoms with Gasteiger partial charge in [0.1, 0.15) is 10.6 Å². The summed E-state index contributed by atoms with van der Waals surface area (Å²) in [4.78, 5) is 14.3. The van der Waals surface area contributed by atoms with Crippen LogP contribution in [0.5, 0.6) is 0 Å². The molecule has 1 atom stereocenters. The van der Waals surface area contributed by atoms with Gasteiger partial charge >= 0.3 is 0 Å². The van der Waals surface area contributed by atoms with Crippen LogP contribution in [0.15, 0.2) is 58.5 Å². The summed E-state index contributed by atoms with van der Waals surface area (Å²) in [5.74, 6) is 1.78. The lowest BCUT2D eigenvalue weighted by Gasteiger charge is -2.22. The van der Waals surface area contributed by atoms with E-state index < -0.39 is 0 Å². The number of anilines is 2. The summed E-state index contributed by atoms with van der Waals surface area (Å²) in [6.07, 6.45) is 0.951. The number of para-hydroxylation sites is 2. The highest BCUT2D eigenvalue weighted by atomic mass is 32.2. The SMILES string of the molecule is CCC1(C)N=C(SCc2ccccc2N(C)C)N=C1SCc1ccccc1N(C)C. The van der Waals surface area contributed by atoms with Crippen LogP contribution in [0.25, 0.3) is 0 Å². The third-order valence-electron chi connectivity index (χ3n) is 5.36. The van der Waals surface area contributed by atoms with E-state index in [0.717, 1.165) is 28.1 Å². The summed E-state index contributed by atoms with van der Waals surface area (Å²) >= 11 is 3.55. The second kappa shape index (κ2) is 9.92. The Labute approximate surface area is 189 Å². The molecule has 0 saturated heterocycles. The molecule has 30 heavy (non-hydrogen) atoms. The maximum absolute atomic E-state index is 5.01. The van der Waals surface area contributed by atoms with Gasteiger partial charge in [0, 0.05) is 51.1 Å². The molecular weight excluding hydrogens is 408 g/mol. The second-order valence-corrected chi connectivity index (χ2v) is 9.97. The standard InChI is InChI=1S/C24H32N4S2/c1-7-24(2)22(29-16-18-12-8-10-14-20(18)27(3)4)25-23(26-24)30-17-19-13-9-11-15-21(19)28(5)6/h8-15H,7,16-17H2,1-6H3. The third-order valence-corrected chi connectivity index (χ3v) is 7.51. The molecule has 0 N–H and O–H groups in total. The van der Waals surface area contributed by atoms with Crippen molar-refractivity contribution in [1.29, 1.82) is 0 Å². The highest BCUT2D eigenvalue weighted by molar-refractivity contribution is 8.15. The monoisotopic (exact) mass is 440 g/mol. The van der Waals surface area contributed by atoms with Crippen molar-refractivity contribution in [2.45, 2.75) is 37.3 Å². The van der Waals surface area contributed by atoms with Gasteiger partial charge in [-0.15, -0.1) is 11.8 Å². The lowest BCUT2D eigenvalue weighted by molar-refractivity contribution is 0.625. The Morgan fingerprint density at radius 3 is 1.80 bits per heavy atom. The van der Waals surface area contributed by atoms with Crippen molar-refractivity contribution in [2.24, 2.45) is 9.98 Å². The van der Waals surface area contributed by atoms with Gasteiger partial charge in [-0.25, -0.2) is 9.98 Å². The predicted octanol–water partition coefficient (Wildman–Crippen LogP) is 5.92. The highest BCUT2D eigenvalue weighted by Crippen LogP contribution is 2.36. The van der Waals surface area contributed by atoms with Gasteiger partial charge in [0.05, 0.1) is 0 Å². The Morgan fingerprint density at radius 1 is 0.800 bits per heavy atom. The van der Waals surface area contributed by atoms with Crippen molar-refractivity contribution in [1.82, 2.24) is 0 Å². The molecule has 0 aliphatic carbocycles.